The lowest BCUT2D eigenvalue weighted by molar-refractivity contribution is -2.00. The summed E-state index contributed by atoms with van der Waals surface area (Å²) in [7, 11) is -6.85. The fourth-order valence-electron chi connectivity index (χ4n) is 5.31. The number of hydrogen-bond acceptors (Lipinski definition) is 4. The Bertz CT molecular complexity index is 1420. The molecule has 0 fully saturated rings. The first-order valence-corrected chi connectivity index (χ1v) is 15.6. The summed E-state index contributed by atoms with van der Waals surface area (Å²) < 4.78 is 34.0. The first-order valence-electron chi connectivity index (χ1n) is 12.4. The molecule has 4 nitrogen and oxygen atoms in total. The zero-order valence-corrected chi connectivity index (χ0v) is 22.7. The second-order valence-corrected chi connectivity index (χ2v) is 13.4. The predicted octanol–water partition coefficient (Wildman–Crippen LogP) is 2.34. The van der Waals surface area contributed by atoms with E-state index in [9.17, 15) is 0 Å². The highest BCUT2D eigenvalue weighted by Gasteiger charge is 2.44. The SMILES string of the molecule is C(C[P+](c1ccccc1)(c1ccccc1)c1ccccc1)=C1c2ccccc2-c2ccccc21.[O-][Cl+3]([O-])([O-])[O-]. The van der Waals surface area contributed by atoms with Crippen molar-refractivity contribution in [1.29, 1.82) is 0 Å². The molecule has 0 aliphatic heterocycles. The van der Waals surface area contributed by atoms with E-state index in [2.05, 4.69) is 146 Å². The van der Waals surface area contributed by atoms with Gasteiger partial charge >= 0.3 is 0 Å². The van der Waals surface area contributed by atoms with Crippen LogP contribution < -0.4 is 34.5 Å². The van der Waals surface area contributed by atoms with Crippen LogP contribution in [0.2, 0.25) is 0 Å². The fraction of sp³-hybridized carbons (Fsp3) is 0.0303. The van der Waals surface area contributed by atoms with Crippen molar-refractivity contribution in [2.45, 2.75) is 0 Å². The van der Waals surface area contributed by atoms with Gasteiger partial charge in [-0.1, -0.05) is 103 Å². The molecule has 0 bridgehead atoms. The molecule has 1 aliphatic carbocycles. The van der Waals surface area contributed by atoms with Crippen LogP contribution in [0.25, 0.3) is 16.7 Å². The van der Waals surface area contributed by atoms with Crippen LogP contribution in [0, 0.1) is 10.2 Å². The van der Waals surface area contributed by atoms with Crippen molar-refractivity contribution >= 4 is 28.7 Å². The first kappa shape index (κ1) is 27.0. The summed E-state index contributed by atoms with van der Waals surface area (Å²) in [6.07, 6.45) is 3.49. The van der Waals surface area contributed by atoms with Crippen molar-refractivity contribution in [2.24, 2.45) is 0 Å². The van der Waals surface area contributed by atoms with Crippen molar-refractivity contribution in [3.05, 3.63) is 157 Å². The van der Waals surface area contributed by atoms with E-state index in [1.807, 2.05) is 0 Å². The Balaban J connectivity index is 0.000000567. The molecule has 6 rings (SSSR count). The monoisotopic (exact) mass is 552 g/mol. The minimum atomic E-state index is -4.94. The van der Waals surface area contributed by atoms with E-state index < -0.39 is 17.5 Å². The molecule has 0 spiro atoms. The highest BCUT2D eigenvalue weighted by atomic mass is 35.7. The smallest absolute Gasteiger partial charge is 0.116 e. The third-order valence-corrected chi connectivity index (χ3v) is 11.2. The van der Waals surface area contributed by atoms with Crippen LogP contribution in [0.15, 0.2) is 146 Å². The van der Waals surface area contributed by atoms with Crippen LogP contribution in [0.1, 0.15) is 11.1 Å². The summed E-state index contributed by atoms with van der Waals surface area (Å²) in [5.41, 5.74) is 6.73. The lowest BCUT2D eigenvalue weighted by Crippen LogP contribution is -2.68. The van der Waals surface area contributed by atoms with Crippen molar-refractivity contribution in [1.82, 2.24) is 0 Å². The van der Waals surface area contributed by atoms with Crippen LogP contribution in [0.4, 0.5) is 0 Å². The van der Waals surface area contributed by atoms with E-state index in [0.29, 0.717) is 0 Å². The van der Waals surface area contributed by atoms with E-state index in [1.165, 1.54) is 43.7 Å². The molecule has 0 saturated carbocycles. The second kappa shape index (κ2) is 11.6. The van der Waals surface area contributed by atoms with Gasteiger partial charge in [-0.3, -0.25) is 0 Å². The molecule has 0 amide bonds. The maximum Gasteiger partial charge on any atom is 0.116 e. The lowest BCUT2D eigenvalue weighted by atomic mass is 10.0. The van der Waals surface area contributed by atoms with Crippen LogP contribution in [0.3, 0.4) is 0 Å². The predicted molar refractivity (Wildman–Crippen MR) is 149 cm³/mol. The van der Waals surface area contributed by atoms with Gasteiger partial charge in [-0.15, -0.1) is 10.2 Å². The van der Waals surface area contributed by atoms with Gasteiger partial charge in [0.2, 0.25) is 0 Å². The molecule has 0 aromatic heterocycles. The van der Waals surface area contributed by atoms with E-state index in [1.54, 1.807) is 0 Å². The van der Waals surface area contributed by atoms with E-state index in [0.717, 1.165) is 6.16 Å². The zero-order chi connectivity index (χ0) is 27.3. The summed E-state index contributed by atoms with van der Waals surface area (Å²) in [4.78, 5) is 0. The summed E-state index contributed by atoms with van der Waals surface area (Å²) in [6, 6.07) is 51.1. The largest absolute Gasteiger partial charge is 0.222 e. The maximum atomic E-state index is 8.49. The van der Waals surface area contributed by atoms with Gasteiger partial charge in [0.15, 0.2) is 0 Å². The Morgan fingerprint density at radius 1 is 0.436 bits per heavy atom. The van der Waals surface area contributed by atoms with Gasteiger partial charge in [0.1, 0.15) is 23.2 Å². The normalized spacial score (nSPS) is 12.2. The van der Waals surface area contributed by atoms with Crippen LogP contribution in [-0.4, -0.2) is 6.16 Å². The van der Waals surface area contributed by atoms with Gasteiger partial charge in [0, 0.05) is 0 Å². The van der Waals surface area contributed by atoms with Crippen molar-refractivity contribution < 1.29 is 28.9 Å². The summed E-state index contributed by atoms with van der Waals surface area (Å²) in [6.45, 7) is 0. The average molecular weight is 553 g/mol. The molecule has 5 aromatic rings. The van der Waals surface area contributed by atoms with Gasteiger partial charge in [0.05, 0.1) is 6.16 Å². The molecule has 0 N–H and O–H groups in total. The van der Waals surface area contributed by atoms with Crippen LogP contribution >= 0.6 is 7.26 Å². The fourth-order valence-corrected chi connectivity index (χ4v) is 9.34. The topological polar surface area (TPSA) is 92.2 Å². The third-order valence-electron chi connectivity index (χ3n) is 6.88. The molecule has 0 radical (unpaired) electrons. The summed E-state index contributed by atoms with van der Waals surface area (Å²) >= 11 is 0. The second-order valence-electron chi connectivity index (χ2n) is 9.09. The highest BCUT2D eigenvalue weighted by molar-refractivity contribution is 7.95. The number of benzene rings is 5. The molecule has 194 valence electrons. The molecule has 0 saturated heterocycles. The Morgan fingerprint density at radius 3 is 1.05 bits per heavy atom. The van der Waals surface area contributed by atoms with E-state index >= 15 is 0 Å². The van der Waals surface area contributed by atoms with Gasteiger partial charge in [0.25, 0.3) is 0 Å². The van der Waals surface area contributed by atoms with Gasteiger partial charge in [-0.05, 0) is 70.3 Å². The van der Waals surface area contributed by atoms with Gasteiger partial charge < -0.3 is 0 Å². The molecule has 6 heteroatoms. The third kappa shape index (κ3) is 5.88. The van der Waals surface area contributed by atoms with E-state index in [-0.39, 0.29) is 0 Å². The van der Waals surface area contributed by atoms with E-state index in [4.69, 9.17) is 18.6 Å². The molecular weight excluding hydrogens is 527 g/mol. The average Bonchev–Trinajstić information content (AvgIpc) is 3.28. The number of allylic oxidation sites excluding steroid dienone is 1. The van der Waals surface area contributed by atoms with Crippen molar-refractivity contribution in [3.8, 4) is 11.1 Å². The van der Waals surface area contributed by atoms with Crippen molar-refractivity contribution in [3.63, 3.8) is 0 Å². The Kier molecular flexibility index (Phi) is 8.06. The summed E-state index contributed by atoms with van der Waals surface area (Å²) in [5.74, 6) is 0. The molecule has 5 aromatic carbocycles. The van der Waals surface area contributed by atoms with Crippen LogP contribution in [-0.2, 0) is 0 Å². The number of hydrogen-bond donors (Lipinski definition) is 0. The number of rotatable bonds is 5. The zero-order valence-electron chi connectivity index (χ0n) is 21.0. The quantitative estimate of drug-likeness (QED) is 0.307. The van der Waals surface area contributed by atoms with Crippen LogP contribution in [0.5, 0.6) is 0 Å². The molecule has 0 atom stereocenters. The first-order chi connectivity index (χ1) is 18.9. The Morgan fingerprint density at radius 2 is 0.718 bits per heavy atom. The number of halogens is 1. The van der Waals surface area contributed by atoms with Gasteiger partial charge in [-0.2, -0.15) is 0 Å². The molecular formula is C33H26ClO4P. The Hall–Kier alpha value is -3.60. The number of fused-ring (bicyclic) bond motifs is 3. The molecule has 39 heavy (non-hydrogen) atoms. The lowest BCUT2D eigenvalue weighted by Gasteiger charge is -2.27. The molecule has 0 unspecified atom stereocenters. The van der Waals surface area contributed by atoms with Crippen molar-refractivity contribution in [2.75, 3.05) is 6.16 Å². The minimum absolute atomic E-state index is 0.975. The maximum absolute atomic E-state index is 8.49. The minimum Gasteiger partial charge on any atom is -0.222 e. The van der Waals surface area contributed by atoms with Gasteiger partial charge in [-0.25, -0.2) is 18.6 Å². The molecule has 1 aliphatic rings. The summed E-state index contributed by atoms with van der Waals surface area (Å²) in [5, 5.41) is 4.26. The highest BCUT2D eigenvalue weighted by Crippen LogP contribution is 2.56. The standard InChI is InChI=1S/C33H26P.ClHO4/c1-4-14-26(15-5-1)34(27-16-6-2-7-17-27,28-18-8-3-9-19-28)25-24-33-31-22-12-10-20-29(31)30-21-11-13-23-32(30)33;2-1(3,4)5/h1-24H,25H2;(H,2,3,4,5)/q+1;/p-1. The Labute approximate surface area is 231 Å². The molecule has 0 heterocycles.